The molecule has 1 aromatic carbocycles. The summed E-state index contributed by atoms with van der Waals surface area (Å²) in [5, 5.41) is 10.8. The third kappa shape index (κ3) is 2.60. The predicted molar refractivity (Wildman–Crippen MR) is 78.1 cm³/mol. The molecule has 0 aliphatic rings. The zero-order chi connectivity index (χ0) is 13.8. The summed E-state index contributed by atoms with van der Waals surface area (Å²) in [5.41, 5.74) is 2.44. The van der Waals surface area contributed by atoms with Crippen LogP contribution in [0, 0.1) is 11.3 Å². The number of para-hydroxylation sites is 1. The molecule has 3 rings (SSSR count). The van der Waals surface area contributed by atoms with Gasteiger partial charge in [0.2, 0.25) is 0 Å². The Bertz CT molecular complexity index is 790. The van der Waals surface area contributed by atoms with E-state index in [1.165, 1.54) is 0 Å². The largest absolute Gasteiger partial charge is 0.246 e. The van der Waals surface area contributed by atoms with E-state index in [1.54, 1.807) is 30.4 Å². The highest BCUT2D eigenvalue weighted by Gasteiger charge is 2.04. The molecule has 2 heterocycles. The molecule has 0 unspecified atom stereocenters. The topological polar surface area (TPSA) is 62.5 Å². The minimum Gasteiger partial charge on any atom is -0.246 e. The number of hydrogen-bond donors (Lipinski definition) is 0. The van der Waals surface area contributed by atoms with Crippen molar-refractivity contribution in [1.29, 1.82) is 5.26 Å². The van der Waals surface area contributed by atoms with Crippen LogP contribution in [-0.2, 0) is 5.75 Å². The molecule has 3 aromatic rings. The van der Waals surface area contributed by atoms with Gasteiger partial charge < -0.3 is 0 Å². The number of nitrogens with zero attached hydrogens (tertiary/aromatic N) is 4. The fraction of sp³-hybridized carbons (Fsp3) is 0.0667. The maximum absolute atomic E-state index is 8.85. The van der Waals surface area contributed by atoms with E-state index in [2.05, 4.69) is 15.0 Å². The van der Waals surface area contributed by atoms with Crippen molar-refractivity contribution in [2.24, 2.45) is 0 Å². The number of rotatable bonds is 3. The summed E-state index contributed by atoms with van der Waals surface area (Å²) in [6.45, 7) is 0. The number of thioether (sulfide) groups is 1. The molecule has 0 spiro atoms. The predicted octanol–water partition coefficient (Wildman–Crippen LogP) is 3.19. The first-order chi connectivity index (χ1) is 9.86. The Labute approximate surface area is 120 Å². The van der Waals surface area contributed by atoms with E-state index >= 15 is 0 Å². The number of fused-ring (bicyclic) bond motifs is 1. The van der Waals surface area contributed by atoms with E-state index in [4.69, 9.17) is 5.26 Å². The van der Waals surface area contributed by atoms with Gasteiger partial charge in [-0.3, -0.25) is 0 Å². The van der Waals surface area contributed by atoms with E-state index < -0.39 is 0 Å². The molecule has 0 amide bonds. The number of pyridine rings is 1. The average Bonchev–Trinajstić information content (AvgIpc) is 2.53. The van der Waals surface area contributed by atoms with Gasteiger partial charge in [-0.25, -0.2) is 15.0 Å². The molecule has 0 radical (unpaired) electrons. The fourth-order valence-corrected chi connectivity index (χ4v) is 2.80. The van der Waals surface area contributed by atoms with Gasteiger partial charge in [0.05, 0.1) is 5.52 Å². The van der Waals surface area contributed by atoms with Crippen molar-refractivity contribution < 1.29 is 0 Å². The summed E-state index contributed by atoms with van der Waals surface area (Å²) in [5.74, 6) is 0.748. The molecule has 20 heavy (non-hydrogen) atoms. The Kier molecular flexibility index (Phi) is 3.57. The summed E-state index contributed by atoms with van der Waals surface area (Å²) in [7, 11) is 0. The second kappa shape index (κ2) is 5.68. The number of nitriles is 1. The monoisotopic (exact) mass is 278 g/mol. The highest BCUT2D eigenvalue weighted by atomic mass is 32.2. The van der Waals surface area contributed by atoms with Gasteiger partial charge in [0, 0.05) is 17.3 Å². The van der Waals surface area contributed by atoms with Crippen LogP contribution < -0.4 is 0 Å². The second-order valence-electron chi connectivity index (χ2n) is 4.15. The lowest BCUT2D eigenvalue weighted by atomic mass is 10.2. The van der Waals surface area contributed by atoms with Crippen molar-refractivity contribution >= 4 is 22.7 Å². The van der Waals surface area contributed by atoms with Crippen LogP contribution in [0.15, 0.2) is 53.9 Å². The summed E-state index contributed by atoms with van der Waals surface area (Å²) >= 11 is 1.63. The van der Waals surface area contributed by atoms with Crippen LogP contribution in [0.5, 0.6) is 0 Å². The maximum Gasteiger partial charge on any atom is 0.140 e. The van der Waals surface area contributed by atoms with Gasteiger partial charge in [0.1, 0.15) is 23.1 Å². The Morgan fingerprint density at radius 2 is 2.00 bits per heavy atom. The van der Waals surface area contributed by atoms with Gasteiger partial charge in [0.25, 0.3) is 0 Å². The van der Waals surface area contributed by atoms with E-state index in [1.807, 2.05) is 36.4 Å². The molecule has 0 aliphatic heterocycles. The second-order valence-corrected chi connectivity index (χ2v) is 5.11. The molecule has 0 fully saturated rings. The van der Waals surface area contributed by atoms with Crippen molar-refractivity contribution in [3.05, 3.63) is 60.2 Å². The third-order valence-electron chi connectivity index (χ3n) is 2.82. The lowest BCUT2D eigenvalue weighted by Crippen LogP contribution is -1.89. The fourth-order valence-electron chi connectivity index (χ4n) is 1.87. The molecule has 0 saturated carbocycles. The molecule has 0 aliphatic carbocycles. The molecule has 4 nitrogen and oxygen atoms in total. The lowest BCUT2D eigenvalue weighted by molar-refractivity contribution is 1.10. The molecule has 2 aromatic heterocycles. The first kappa shape index (κ1) is 12.6. The lowest BCUT2D eigenvalue weighted by Gasteiger charge is -2.04. The first-order valence-corrected chi connectivity index (χ1v) is 7.03. The highest BCUT2D eigenvalue weighted by molar-refractivity contribution is 7.98. The van der Waals surface area contributed by atoms with Gasteiger partial charge in [0.15, 0.2) is 0 Å². The van der Waals surface area contributed by atoms with Gasteiger partial charge >= 0.3 is 0 Å². The Hall–Kier alpha value is -2.45. The molecular formula is C15H10N4S. The van der Waals surface area contributed by atoms with Crippen LogP contribution in [0.4, 0.5) is 0 Å². The van der Waals surface area contributed by atoms with Crippen molar-refractivity contribution in [1.82, 2.24) is 15.0 Å². The smallest absolute Gasteiger partial charge is 0.140 e. The molecule has 0 atom stereocenters. The molecular weight excluding hydrogens is 268 g/mol. The van der Waals surface area contributed by atoms with Gasteiger partial charge in [-0.15, -0.1) is 11.8 Å². The van der Waals surface area contributed by atoms with Gasteiger partial charge in [-0.1, -0.05) is 18.2 Å². The van der Waals surface area contributed by atoms with Crippen molar-refractivity contribution in [3.8, 4) is 6.07 Å². The zero-order valence-electron chi connectivity index (χ0n) is 10.5. The SMILES string of the molecule is N#Cc1cc(CSc2ncnc3ccccc23)ccn1. The average molecular weight is 278 g/mol. The minimum atomic E-state index is 0.440. The molecule has 0 bridgehead atoms. The van der Waals surface area contributed by atoms with E-state index in [-0.39, 0.29) is 0 Å². The quantitative estimate of drug-likeness (QED) is 0.544. The number of benzene rings is 1. The minimum absolute atomic E-state index is 0.440. The molecule has 0 saturated heterocycles. The van der Waals surface area contributed by atoms with Crippen LogP contribution in [0.25, 0.3) is 10.9 Å². The maximum atomic E-state index is 8.85. The standard InChI is InChI=1S/C15H10N4S/c16-8-12-7-11(5-6-17-12)9-20-15-13-3-1-2-4-14(13)18-10-19-15/h1-7,10H,9H2. The first-order valence-electron chi connectivity index (χ1n) is 6.04. The van der Waals surface area contributed by atoms with E-state index in [0.717, 1.165) is 27.2 Å². The van der Waals surface area contributed by atoms with Crippen LogP contribution in [-0.4, -0.2) is 15.0 Å². The number of aromatic nitrogens is 3. The summed E-state index contributed by atoms with van der Waals surface area (Å²) < 4.78 is 0. The summed E-state index contributed by atoms with van der Waals surface area (Å²) in [6.07, 6.45) is 3.24. The highest BCUT2D eigenvalue weighted by Crippen LogP contribution is 2.27. The van der Waals surface area contributed by atoms with Crippen molar-refractivity contribution in [2.45, 2.75) is 10.8 Å². The number of hydrogen-bond acceptors (Lipinski definition) is 5. The summed E-state index contributed by atoms with van der Waals surface area (Å²) in [6, 6.07) is 13.7. The van der Waals surface area contributed by atoms with Crippen molar-refractivity contribution in [2.75, 3.05) is 0 Å². The van der Waals surface area contributed by atoms with Crippen LogP contribution in [0.2, 0.25) is 0 Å². The van der Waals surface area contributed by atoms with Gasteiger partial charge in [-0.2, -0.15) is 5.26 Å². The normalized spacial score (nSPS) is 10.3. The summed E-state index contributed by atoms with van der Waals surface area (Å²) in [4.78, 5) is 12.5. The van der Waals surface area contributed by atoms with Crippen LogP contribution in [0.1, 0.15) is 11.3 Å². The zero-order valence-corrected chi connectivity index (χ0v) is 11.3. The molecule has 5 heteroatoms. The van der Waals surface area contributed by atoms with Crippen molar-refractivity contribution in [3.63, 3.8) is 0 Å². The Morgan fingerprint density at radius 3 is 2.90 bits per heavy atom. The van der Waals surface area contributed by atoms with Crippen LogP contribution >= 0.6 is 11.8 Å². The van der Waals surface area contributed by atoms with Gasteiger partial charge in [-0.05, 0) is 23.8 Å². The Morgan fingerprint density at radius 1 is 1.10 bits per heavy atom. The Balaban J connectivity index is 1.85. The van der Waals surface area contributed by atoms with E-state index in [0.29, 0.717) is 5.69 Å². The third-order valence-corrected chi connectivity index (χ3v) is 3.90. The molecule has 96 valence electrons. The van der Waals surface area contributed by atoms with Crippen LogP contribution in [0.3, 0.4) is 0 Å². The van der Waals surface area contributed by atoms with E-state index in [9.17, 15) is 0 Å². The molecule has 0 N–H and O–H groups in total.